The first kappa shape index (κ1) is 28.4. The number of nitrogens with zero attached hydrogens (tertiary/aromatic N) is 4. The van der Waals surface area contributed by atoms with E-state index in [4.69, 9.17) is 19.0 Å². The van der Waals surface area contributed by atoms with Crippen LogP contribution in [0.15, 0.2) is 46.4 Å². The molecule has 0 unspecified atom stereocenters. The van der Waals surface area contributed by atoms with E-state index in [9.17, 15) is 13.2 Å². The highest BCUT2D eigenvalue weighted by atomic mass is 32.2. The summed E-state index contributed by atoms with van der Waals surface area (Å²) < 4.78 is 42.2. The molecule has 0 saturated carbocycles. The van der Waals surface area contributed by atoms with Crippen LogP contribution in [0.25, 0.3) is 10.3 Å². The molecule has 0 aliphatic carbocycles. The molecule has 40 heavy (non-hydrogen) atoms. The maximum Gasteiger partial charge on any atom is 0.280 e. The smallest absolute Gasteiger partial charge is 0.280 e. The fraction of sp³-hybridized carbons (Fsp3) is 0.462. The summed E-state index contributed by atoms with van der Waals surface area (Å²) in [5.41, 5.74) is 0.998. The monoisotopic (exact) mass is 589 g/mol. The number of benzene rings is 1. The van der Waals surface area contributed by atoms with Gasteiger partial charge >= 0.3 is 0 Å². The number of fused-ring (bicyclic) bond motifs is 1. The largest absolute Gasteiger partial charge is 0.476 e. The Morgan fingerprint density at radius 1 is 1.10 bits per heavy atom. The number of amides is 1. The van der Waals surface area contributed by atoms with E-state index < -0.39 is 21.0 Å². The highest BCUT2D eigenvalue weighted by Crippen LogP contribution is 2.27. The Morgan fingerprint density at radius 3 is 2.58 bits per heavy atom. The first-order valence-corrected chi connectivity index (χ1v) is 15.3. The molecule has 14 heteroatoms. The molecule has 0 radical (unpaired) electrons. The van der Waals surface area contributed by atoms with Crippen molar-refractivity contribution in [2.45, 2.75) is 29.1 Å². The summed E-state index contributed by atoms with van der Waals surface area (Å²) >= 11 is 1.20. The minimum Gasteiger partial charge on any atom is -0.476 e. The zero-order chi connectivity index (χ0) is 28.1. The van der Waals surface area contributed by atoms with Crippen LogP contribution in [0.4, 0.5) is 5.13 Å². The lowest BCUT2D eigenvalue weighted by atomic mass is 10.1. The number of nitrogens with one attached hydrogen (secondary N) is 1. The number of sulfone groups is 1. The van der Waals surface area contributed by atoms with Crippen molar-refractivity contribution in [2.24, 2.45) is 5.16 Å². The Balaban J connectivity index is 1.34. The van der Waals surface area contributed by atoms with E-state index in [-0.39, 0.29) is 23.3 Å². The lowest BCUT2D eigenvalue weighted by Gasteiger charge is -2.12. The molecule has 1 aromatic carbocycles. The summed E-state index contributed by atoms with van der Waals surface area (Å²) in [7, 11) is 0.380. The average molecular weight is 590 g/mol. The molecule has 2 aromatic heterocycles. The second-order valence-corrected chi connectivity index (χ2v) is 12.9. The van der Waals surface area contributed by atoms with Crippen LogP contribution < -0.4 is 10.1 Å². The standard InChI is InChI=1S/C26H31N5O7S2/c1-31(2)11-14-37-22-8-7-21-25(28-22)39-26(27-21)29-24(32)23(30-38-18-9-12-35-15-18)17-3-5-19(6-4-17)40(33,34)20-10-13-36-16-20/h3-8,18,20H,9-16H2,1-2H3,(H,27,29,32)/b30-23+/t18-,20+/m1/s1. The summed E-state index contributed by atoms with van der Waals surface area (Å²) in [5.74, 6) is -0.0789. The molecular weight excluding hydrogens is 558 g/mol. The summed E-state index contributed by atoms with van der Waals surface area (Å²) in [6, 6.07) is 9.57. The van der Waals surface area contributed by atoms with E-state index in [1.165, 1.54) is 23.5 Å². The van der Waals surface area contributed by atoms with E-state index in [0.717, 1.165) is 6.54 Å². The molecule has 2 aliphatic rings. The third-order valence-corrected chi connectivity index (χ3v) is 9.48. The van der Waals surface area contributed by atoms with Crippen molar-refractivity contribution < 1.29 is 32.3 Å². The summed E-state index contributed by atoms with van der Waals surface area (Å²) in [4.78, 5) is 30.7. The molecule has 2 aliphatic heterocycles. The molecule has 3 aromatic rings. The van der Waals surface area contributed by atoms with Gasteiger partial charge in [0.05, 0.1) is 30.0 Å². The lowest BCUT2D eigenvalue weighted by molar-refractivity contribution is -0.110. The molecule has 2 atom stereocenters. The fourth-order valence-electron chi connectivity index (χ4n) is 4.12. The number of anilines is 1. The quantitative estimate of drug-likeness (QED) is 0.262. The number of hydrogen-bond acceptors (Lipinski definition) is 12. The Bertz CT molecular complexity index is 1460. The number of thiazole rings is 1. The van der Waals surface area contributed by atoms with Crippen molar-refractivity contribution in [3.63, 3.8) is 0 Å². The van der Waals surface area contributed by atoms with E-state index in [2.05, 4.69) is 20.4 Å². The highest BCUT2D eigenvalue weighted by molar-refractivity contribution is 7.92. The molecule has 1 N–H and O–H groups in total. The second kappa shape index (κ2) is 12.6. The number of oxime groups is 1. The van der Waals surface area contributed by atoms with Crippen molar-refractivity contribution >= 4 is 48.3 Å². The topological polar surface area (TPSA) is 142 Å². The minimum absolute atomic E-state index is 0.0139. The lowest BCUT2D eigenvalue weighted by Crippen LogP contribution is -2.25. The molecule has 214 valence electrons. The van der Waals surface area contributed by atoms with Crippen molar-refractivity contribution in [1.29, 1.82) is 0 Å². The summed E-state index contributed by atoms with van der Waals surface area (Å²) in [5, 5.41) is 6.68. The molecule has 2 saturated heterocycles. The molecule has 0 spiro atoms. The van der Waals surface area contributed by atoms with Crippen molar-refractivity contribution in [3.8, 4) is 5.88 Å². The van der Waals surface area contributed by atoms with Gasteiger partial charge in [0.1, 0.15) is 17.0 Å². The SMILES string of the molecule is CN(C)CCOc1ccc2nc(NC(=O)/C(=N/O[C@@H]3CCOC3)c3ccc(S(=O)(=O)[C@H]4CCOC4)cc3)sc2n1. The molecule has 4 heterocycles. The van der Waals surface area contributed by atoms with Crippen LogP contribution in [0, 0.1) is 0 Å². The summed E-state index contributed by atoms with van der Waals surface area (Å²) in [6.45, 7) is 2.78. The van der Waals surface area contributed by atoms with Crippen molar-refractivity contribution in [1.82, 2.24) is 14.9 Å². The Labute approximate surface area is 236 Å². The number of ether oxygens (including phenoxy) is 3. The van der Waals surface area contributed by atoms with Crippen LogP contribution in [0.2, 0.25) is 0 Å². The maximum absolute atomic E-state index is 13.4. The Morgan fingerprint density at radius 2 is 1.88 bits per heavy atom. The fourth-order valence-corrected chi connectivity index (χ4v) is 6.53. The molecule has 2 fully saturated rings. The van der Waals surface area contributed by atoms with Gasteiger partial charge in [0.2, 0.25) is 5.88 Å². The predicted octanol–water partition coefficient (Wildman–Crippen LogP) is 2.34. The van der Waals surface area contributed by atoms with E-state index in [1.54, 1.807) is 24.3 Å². The van der Waals surface area contributed by atoms with Crippen LogP contribution in [0.1, 0.15) is 18.4 Å². The summed E-state index contributed by atoms with van der Waals surface area (Å²) in [6.07, 6.45) is 0.834. The molecular formula is C26H31N5O7S2. The zero-order valence-electron chi connectivity index (χ0n) is 22.2. The number of carbonyl (C=O) groups excluding carboxylic acids is 1. The second-order valence-electron chi connectivity index (χ2n) is 9.68. The Hall–Kier alpha value is -3.17. The van der Waals surface area contributed by atoms with Gasteiger partial charge in [-0.15, -0.1) is 0 Å². The van der Waals surface area contributed by atoms with E-state index >= 15 is 0 Å². The van der Waals surface area contributed by atoms with Crippen LogP contribution in [-0.4, -0.2) is 99.9 Å². The third kappa shape index (κ3) is 6.75. The molecule has 0 bridgehead atoms. The van der Waals surface area contributed by atoms with E-state index in [0.29, 0.717) is 66.2 Å². The minimum atomic E-state index is -3.55. The van der Waals surface area contributed by atoms with Gasteiger partial charge in [0.25, 0.3) is 5.91 Å². The Kier molecular flexibility index (Phi) is 8.90. The van der Waals surface area contributed by atoms with Gasteiger partial charge in [-0.2, -0.15) is 0 Å². The van der Waals surface area contributed by atoms with Crippen molar-refractivity contribution in [3.05, 3.63) is 42.0 Å². The highest BCUT2D eigenvalue weighted by Gasteiger charge is 2.31. The zero-order valence-corrected chi connectivity index (χ0v) is 23.9. The van der Waals surface area contributed by atoms with Crippen LogP contribution in [0.5, 0.6) is 5.88 Å². The number of pyridine rings is 1. The normalized spacial score (nSPS) is 19.8. The van der Waals surface area contributed by atoms with E-state index in [1.807, 2.05) is 19.0 Å². The first-order valence-electron chi connectivity index (χ1n) is 12.9. The number of aromatic nitrogens is 2. The van der Waals surface area contributed by atoms with Gasteiger partial charge in [0, 0.05) is 31.2 Å². The van der Waals surface area contributed by atoms with Gasteiger partial charge < -0.3 is 23.9 Å². The number of likely N-dealkylation sites (N-methyl/N-ethyl adjacent to an activating group) is 1. The third-order valence-electron chi connectivity index (χ3n) is 6.42. The van der Waals surface area contributed by atoms with Gasteiger partial charge in [-0.3, -0.25) is 10.1 Å². The van der Waals surface area contributed by atoms with Gasteiger partial charge in [-0.25, -0.2) is 18.4 Å². The number of rotatable bonds is 11. The maximum atomic E-state index is 13.4. The molecule has 12 nitrogen and oxygen atoms in total. The molecule has 1 amide bonds. The number of carbonyl (C=O) groups is 1. The predicted molar refractivity (Wildman–Crippen MR) is 150 cm³/mol. The molecule has 5 rings (SSSR count). The van der Waals surface area contributed by atoms with Crippen LogP contribution >= 0.6 is 11.3 Å². The van der Waals surface area contributed by atoms with Gasteiger partial charge in [-0.05, 0) is 38.7 Å². The van der Waals surface area contributed by atoms with Gasteiger partial charge in [-0.1, -0.05) is 28.6 Å². The van der Waals surface area contributed by atoms with Crippen molar-refractivity contribution in [2.75, 3.05) is 59.0 Å². The number of hydrogen-bond donors (Lipinski definition) is 1. The average Bonchev–Trinajstić information content (AvgIpc) is 3.71. The van der Waals surface area contributed by atoms with Crippen LogP contribution in [0.3, 0.4) is 0 Å². The van der Waals surface area contributed by atoms with Crippen LogP contribution in [-0.2, 0) is 28.9 Å². The first-order chi connectivity index (χ1) is 19.3. The van der Waals surface area contributed by atoms with Gasteiger partial charge in [0.15, 0.2) is 26.8 Å².